The molecular formula is C108H143Cl2N17O17S. The van der Waals surface area contributed by atoms with E-state index >= 15 is 0 Å². The summed E-state index contributed by atoms with van der Waals surface area (Å²) in [5.74, 6) is 10.7. The number of aliphatic hydroxyl groups is 4. The first-order valence-electron chi connectivity index (χ1n) is 49.5. The van der Waals surface area contributed by atoms with Crippen molar-refractivity contribution in [2.24, 2.45) is 0 Å². The molecule has 1 amide bonds. The van der Waals surface area contributed by atoms with Crippen molar-refractivity contribution in [3.05, 3.63) is 186 Å². The number of rotatable bonds is 51. The highest BCUT2D eigenvalue weighted by Crippen LogP contribution is 2.40. The summed E-state index contributed by atoms with van der Waals surface area (Å²) < 4.78 is 80.2. The number of methoxy groups -OCH3 is 4. The van der Waals surface area contributed by atoms with Crippen molar-refractivity contribution in [3.8, 4) is 125 Å². The highest BCUT2D eigenvalue weighted by atomic mass is 35.5. The fourth-order valence-corrected chi connectivity index (χ4v) is 17.4. The highest BCUT2D eigenvalue weighted by Gasteiger charge is 2.26. The van der Waals surface area contributed by atoms with Crippen molar-refractivity contribution in [1.82, 2.24) is 66.0 Å². The molecule has 6 heterocycles. The zero-order chi connectivity index (χ0) is 104. The van der Waals surface area contributed by atoms with Crippen LogP contribution in [-0.4, -0.2) is 305 Å². The normalized spacial score (nSPS) is 13.7. The van der Waals surface area contributed by atoms with Crippen LogP contribution in [-0.2, 0) is 24.1 Å². The van der Waals surface area contributed by atoms with Gasteiger partial charge in [-0.15, -0.1) is 0 Å². The first-order chi connectivity index (χ1) is 70.2. The maximum atomic E-state index is 11.9. The minimum absolute atomic E-state index is 0.125. The van der Waals surface area contributed by atoms with Crippen molar-refractivity contribution < 1.29 is 81.0 Å². The number of sulfone groups is 1. The molecule has 0 bridgehead atoms. The number of hydrogen-bond donors (Lipinski definition) is 9. The lowest BCUT2D eigenvalue weighted by molar-refractivity contribution is -0.127. The minimum atomic E-state index is -3.32. The molecule has 4 aromatic heterocycles. The molecule has 14 rings (SSSR count). The molecule has 34 nitrogen and oxygen atoms in total. The Morgan fingerprint density at radius 2 is 0.931 bits per heavy atom. The summed E-state index contributed by atoms with van der Waals surface area (Å²) in [5.41, 5.74) is 8.63. The number of likely N-dealkylation sites (tertiary alicyclic amines) is 1. The summed E-state index contributed by atoms with van der Waals surface area (Å²) in [5, 5.41) is 56.0. The van der Waals surface area contributed by atoms with Gasteiger partial charge in [0.15, 0.2) is 50.3 Å². The van der Waals surface area contributed by atoms with Gasteiger partial charge in [0.05, 0.1) is 55.1 Å². The number of amides is 1. The fourth-order valence-electron chi connectivity index (χ4n) is 16.3. The minimum Gasteiger partial charge on any atom is -0.493 e. The lowest BCUT2D eigenvalue weighted by atomic mass is 9.94. The lowest BCUT2D eigenvalue weighted by Crippen LogP contribution is -2.34. The molecule has 0 radical (unpaired) electrons. The van der Waals surface area contributed by atoms with E-state index in [9.17, 15) is 33.6 Å². The topological polar surface area (TPSA) is 401 Å². The molecule has 4 atom stereocenters. The van der Waals surface area contributed by atoms with Crippen molar-refractivity contribution in [1.29, 1.82) is 0 Å². The van der Waals surface area contributed by atoms with E-state index in [1.165, 1.54) is 38.4 Å². The van der Waals surface area contributed by atoms with Crippen LogP contribution in [0.3, 0.4) is 0 Å². The largest absolute Gasteiger partial charge is 0.493 e. The number of nitrogens with one attached hydrogen (secondary N) is 5. The molecule has 145 heavy (non-hydrogen) atoms. The van der Waals surface area contributed by atoms with Gasteiger partial charge in [-0.05, 0) is 183 Å². The summed E-state index contributed by atoms with van der Waals surface area (Å²) >= 11 is 13.0. The number of aromatic nitrogens is 8. The third kappa shape index (κ3) is 35.7. The Bertz CT molecular complexity index is 5800. The van der Waals surface area contributed by atoms with Gasteiger partial charge >= 0.3 is 0 Å². The Morgan fingerprint density at radius 1 is 0.469 bits per heavy atom. The first-order valence-corrected chi connectivity index (χ1v) is 52.2. The lowest BCUT2D eigenvalue weighted by Gasteiger charge is -2.32. The van der Waals surface area contributed by atoms with Crippen LogP contribution >= 0.6 is 23.2 Å². The molecule has 2 aliphatic heterocycles. The van der Waals surface area contributed by atoms with E-state index in [0.29, 0.717) is 176 Å². The number of aliphatic hydroxyl groups excluding tert-OH is 4. The van der Waals surface area contributed by atoms with Crippen molar-refractivity contribution >= 4 is 62.2 Å². The second kappa shape index (κ2) is 59.0. The second-order valence-electron chi connectivity index (χ2n) is 35.5. The van der Waals surface area contributed by atoms with E-state index in [-0.39, 0.29) is 37.2 Å². The molecule has 4 unspecified atom stereocenters. The molecular weight excluding hydrogens is 1910 g/mol. The SMILES string of the molecule is CCCCN(CCOC)c1cc(-c2ccc(OC)c(OC)c2)nc(-c2cc(Cl)cc(OCC(O)CNC)c2)n1.CCCCN(CCOC)c1cc(-c2ccc3c(c2)OCCO3)nc(-c2cc(Cl)cc(OCC(O)CNC)c2)n1.CNCC(O)COc1cccc(-c2cc(N(C)C3CCCCC3)nc(C)n2)c1.CNCC(O)COc1cccc(-c2nc(NCCCN3CCCC3=O)cc(-c3ccc(S(C)(=O)=O)cc3)n2)c1. The smallest absolute Gasteiger partial charge is 0.222 e. The van der Waals surface area contributed by atoms with Gasteiger partial charge in [0.1, 0.15) is 116 Å². The quantitative estimate of drug-likeness (QED) is 0.0160. The van der Waals surface area contributed by atoms with Gasteiger partial charge in [0.2, 0.25) is 5.91 Å². The predicted molar refractivity (Wildman–Crippen MR) is 572 cm³/mol. The van der Waals surface area contributed by atoms with Crippen LogP contribution in [0.15, 0.2) is 175 Å². The highest BCUT2D eigenvalue weighted by molar-refractivity contribution is 7.90. The monoisotopic (exact) mass is 2050 g/mol. The number of fused-ring (bicyclic) bond motifs is 1. The number of anilines is 4. The summed E-state index contributed by atoms with van der Waals surface area (Å²) in [7, 11) is 12.6. The fraction of sp³-hybridized carbons (Fsp3) is 0.454. The Kier molecular flexibility index (Phi) is 46.1. The van der Waals surface area contributed by atoms with Gasteiger partial charge in [-0.25, -0.2) is 48.3 Å². The van der Waals surface area contributed by atoms with Crippen molar-refractivity contribution in [2.45, 2.75) is 133 Å². The summed E-state index contributed by atoms with van der Waals surface area (Å²) in [6, 6.07) is 52.5. The van der Waals surface area contributed by atoms with Crippen LogP contribution in [0.1, 0.15) is 96.7 Å². The van der Waals surface area contributed by atoms with Crippen LogP contribution in [0.4, 0.5) is 23.3 Å². The van der Waals surface area contributed by atoms with E-state index in [4.69, 9.17) is 100 Å². The number of nitrogens with zero attached hydrogens (tertiary/aromatic N) is 12. The molecule has 0 spiro atoms. The maximum Gasteiger partial charge on any atom is 0.222 e. The van der Waals surface area contributed by atoms with E-state index in [0.717, 1.165) is 138 Å². The second-order valence-corrected chi connectivity index (χ2v) is 38.4. The molecule has 1 saturated carbocycles. The van der Waals surface area contributed by atoms with E-state index in [1.807, 2.05) is 146 Å². The molecule has 9 N–H and O–H groups in total. The van der Waals surface area contributed by atoms with Gasteiger partial charge in [-0.3, -0.25) is 4.79 Å². The molecule has 7 aromatic carbocycles. The summed E-state index contributed by atoms with van der Waals surface area (Å²) in [6.07, 6.45) is 11.6. The zero-order valence-corrected chi connectivity index (χ0v) is 87.9. The molecule has 782 valence electrons. The number of unbranched alkanes of at least 4 members (excludes halogenated alkanes) is 2. The number of aryl methyl sites for hydroxylation is 1. The number of carbonyl (C=O) groups is 1. The molecule has 11 aromatic rings. The summed E-state index contributed by atoms with van der Waals surface area (Å²) in [4.78, 5) is 59.3. The predicted octanol–water partition coefficient (Wildman–Crippen LogP) is 14.9. The maximum absolute atomic E-state index is 11.9. The van der Waals surface area contributed by atoms with Crippen LogP contribution in [0.25, 0.3) is 79.2 Å². The molecule has 1 saturated heterocycles. The van der Waals surface area contributed by atoms with Gasteiger partial charge < -0.3 is 114 Å². The average molecular weight is 2050 g/mol. The van der Waals surface area contributed by atoms with E-state index in [2.05, 4.69) is 78.2 Å². The van der Waals surface area contributed by atoms with Gasteiger partial charge in [-0.1, -0.05) is 106 Å². The van der Waals surface area contributed by atoms with Crippen molar-refractivity contribution in [2.75, 3.05) is 215 Å². The standard InChI is InChI=1S/C29H37ClN4O5.C29H39ClN4O5.C28H35N5O5S.C22H32N4O2/c1-4-5-8-34(9-10-36-3)28-17-25(20-6-7-26-27(15-20)38-12-11-37-26)32-29(33-28)21-13-22(30)16-24(14-21)39-19-23(35)18-31-2;1-6-7-10-34(11-12-36-3)28-17-25(20-8-9-26(37-4)27(15-20)38-5)32-29(33-28)21-13-22(30)16-24(14-21)39-19-23(35)18-31-2;1-29-18-22(34)19-38-23-7-3-6-21(16-23)28-31-25(20-9-11-24(12-10-20)39(2,36)37)17-26(32-28)30-13-5-15-33-14-4-8-27(33)35;1-16-24-21(13-22(25-16)26(3)18-9-5-4-6-10-18)17-8-7-11-20(12-17)28-15-19(27)14-23-2/h6-7,13-17,23,31,35H,4-5,8-12,18-19H2,1-3H3;8-9,13-17,23,31,35H,6-7,10-12,18-19H2,1-5H3;3,6-7,9-12,16-17,22,29,34H,4-5,8,13-15,18-19H2,1-2H3,(H,30,31,32);7-8,11-13,18-19,23,27H,4-6,9-10,14-15H2,1-3H3. The Morgan fingerprint density at radius 3 is 1.43 bits per heavy atom. The third-order valence-corrected chi connectivity index (χ3v) is 25.6. The number of ether oxygens (including phenoxy) is 10. The Labute approximate surface area is 863 Å². The summed E-state index contributed by atoms with van der Waals surface area (Å²) in [6.45, 7) is 16.1. The third-order valence-electron chi connectivity index (χ3n) is 24.0. The number of carbonyl (C=O) groups excluding carboxylic acids is 1. The van der Waals surface area contributed by atoms with Gasteiger partial charge in [0, 0.05) is 185 Å². The number of benzene rings is 7. The molecule has 2 fully saturated rings. The molecule has 1 aliphatic carbocycles. The first kappa shape index (κ1) is 113. The molecule has 37 heteroatoms. The van der Waals surface area contributed by atoms with Crippen LogP contribution in [0.2, 0.25) is 10.0 Å². The van der Waals surface area contributed by atoms with Crippen LogP contribution in [0, 0.1) is 6.92 Å². The van der Waals surface area contributed by atoms with Gasteiger partial charge in [0.25, 0.3) is 0 Å². The Hall–Kier alpha value is -11.9. The average Bonchev–Trinajstić information content (AvgIpc) is 1.45. The van der Waals surface area contributed by atoms with E-state index < -0.39 is 34.3 Å². The van der Waals surface area contributed by atoms with Gasteiger partial charge in [-0.2, -0.15) is 0 Å². The molecule has 3 aliphatic rings. The van der Waals surface area contributed by atoms with Crippen LogP contribution < -0.4 is 79.2 Å². The van der Waals surface area contributed by atoms with Crippen LogP contribution in [0.5, 0.6) is 46.0 Å². The van der Waals surface area contributed by atoms with Crippen molar-refractivity contribution in [3.63, 3.8) is 0 Å². The number of halogens is 2. The Balaban J connectivity index is 0.000000185. The number of likely N-dealkylation sites (N-methyl/N-ethyl adjacent to an activating group) is 4. The zero-order valence-electron chi connectivity index (χ0n) is 85.6. The number of hydrogen-bond acceptors (Lipinski definition) is 33. The van der Waals surface area contributed by atoms with E-state index in [1.54, 1.807) is 86.0 Å².